The van der Waals surface area contributed by atoms with Crippen molar-refractivity contribution in [2.24, 2.45) is 7.05 Å². The Hall–Kier alpha value is -1.02. The lowest BCUT2D eigenvalue weighted by molar-refractivity contribution is 0.474. The van der Waals surface area contributed by atoms with Crippen LogP contribution in [0.4, 0.5) is 0 Å². The molecule has 1 aromatic heterocycles. The third-order valence-electron chi connectivity index (χ3n) is 2.76. The number of hydrogen-bond donors (Lipinski definition) is 1. The molecule has 0 saturated carbocycles. The first-order chi connectivity index (χ1) is 6.84. The average molecular weight is 190 g/mol. The van der Waals surface area contributed by atoms with Crippen LogP contribution >= 0.6 is 0 Å². The van der Waals surface area contributed by atoms with Gasteiger partial charge in [0, 0.05) is 32.0 Å². The van der Waals surface area contributed by atoms with E-state index in [1.165, 1.54) is 24.8 Å². The summed E-state index contributed by atoms with van der Waals surface area (Å²) in [6.07, 6.45) is 12.5. The van der Waals surface area contributed by atoms with Crippen molar-refractivity contribution in [1.29, 1.82) is 0 Å². The molecule has 1 aliphatic rings. The molecule has 0 aliphatic heterocycles. The summed E-state index contributed by atoms with van der Waals surface area (Å²) in [4.78, 5) is 0. The Kier molecular flexibility index (Phi) is 3.04. The molecule has 0 saturated heterocycles. The zero-order chi connectivity index (χ0) is 9.80. The Morgan fingerprint density at radius 1 is 1.50 bits per heavy atom. The Labute approximate surface area is 85.6 Å². The average Bonchev–Trinajstić information content (AvgIpc) is 2.63. The molecule has 0 aromatic carbocycles. The SMILES string of the molecule is Cn1ccc(CNC2CC=CCC2)c1. The van der Waals surface area contributed by atoms with Gasteiger partial charge < -0.3 is 9.88 Å². The smallest absolute Gasteiger partial charge is 0.0223 e. The van der Waals surface area contributed by atoms with Gasteiger partial charge in [-0.2, -0.15) is 0 Å². The van der Waals surface area contributed by atoms with Crippen molar-refractivity contribution < 1.29 is 0 Å². The van der Waals surface area contributed by atoms with Crippen LogP contribution in [0.1, 0.15) is 24.8 Å². The van der Waals surface area contributed by atoms with Crippen LogP contribution in [0.2, 0.25) is 0 Å². The highest BCUT2D eigenvalue weighted by Crippen LogP contribution is 2.11. The van der Waals surface area contributed by atoms with Gasteiger partial charge in [0.2, 0.25) is 0 Å². The maximum Gasteiger partial charge on any atom is 0.0223 e. The predicted octanol–water partition coefficient (Wildman–Crippen LogP) is 2.22. The molecule has 1 heterocycles. The highest BCUT2D eigenvalue weighted by molar-refractivity contribution is 5.09. The highest BCUT2D eigenvalue weighted by atomic mass is 14.9. The first-order valence-electron chi connectivity index (χ1n) is 5.34. The van der Waals surface area contributed by atoms with Gasteiger partial charge in [-0.05, 0) is 30.9 Å². The van der Waals surface area contributed by atoms with Gasteiger partial charge >= 0.3 is 0 Å². The second-order valence-electron chi connectivity index (χ2n) is 4.05. The molecule has 1 aliphatic carbocycles. The van der Waals surface area contributed by atoms with Gasteiger partial charge in [0.05, 0.1) is 0 Å². The van der Waals surface area contributed by atoms with Crippen LogP contribution in [-0.4, -0.2) is 10.6 Å². The van der Waals surface area contributed by atoms with E-state index in [0.717, 1.165) is 6.54 Å². The maximum atomic E-state index is 3.59. The van der Waals surface area contributed by atoms with Crippen molar-refractivity contribution in [3.63, 3.8) is 0 Å². The second-order valence-corrected chi connectivity index (χ2v) is 4.05. The van der Waals surface area contributed by atoms with Gasteiger partial charge in [-0.15, -0.1) is 0 Å². The number of rotatable bonds is 3. The molecule has 2 heteroatoms. The molecule has 1 atom stereocenters. The highest BCUT2D eigenvalue weighted by Gasteiger charge is 2.08. The fraction of sp³-hybridized carbons (Fsp3) is 0.500. The predicted molar refractivity (Wildman–Crippen MR) is 59.0 cm³/mol. The summed E-state index contributed by atoms with van der Waals surface area (Å²) in [5, 5.41) is 3.59. The Balaban J connectivity index is 1.79. The summed E-state index contributed by atoms with van der Waals surface area (Å²) in [6.45, 7) is 0.999. The van der Waals surface area contributed by atoms with Crippen molar-refractivity contribution >= 4 is 0 Å². The molecule has 0 spiro atoms. The summed E-state index contributed by atoms with van der Waals surface area (Å²) < 4.78 is 2.10. The van der Waals surface area contributed by atoms with Crippen LogP contribution in [0.15, 0.2) is 30.6 Å². The molecule has 1 aromatic rings. The third-order valence-corrected chi connectivity index (χ3v) is 2.76. The molecule has 0 bridgehead atoms. The van der Waals surface area contributed by atoms with E-state index in [2.05, 4.69) is 47.5 Å². The number of aromatic nitrogens is 1. The van der Waals surface area contributed by atoms with Crippen molar-refractivity contribution in [1.82, 2.24) is 9.88 Å². The van der Waals surface area contributed by atoms with Gasteiger partial charge in [-0.25, -0.2) is 0 Å². The first kappa shape index (κ1) is 9.53. The Bertz CT molecular complexity index is 312. The van der Waals surface area contributed by atoms with Crippen LogP contribution < -0.4 is 5.32 Å². The molecule has 1 N–H and O–H groups in total. The molecule has 2 nitrogen and oxygen atoms in total. The van der Waals surface area contributed by atoms with Crippen LogP contribution in [0.25, 0.3) is 0 Å². The fourth-order valence-electron chi connectivity index (χ4n) is 1.91. The summed E-state index contributed by atoms with van der Waals surface area (Å²) >= 11 is 0. The molecule has 0 radical (unpaired) electrons. The molecular formula is C12H18N2. The van der Waals surface area contributed by atoms with E-state index < -0.39 is 0 Å². The van der Waals surface area contributed by atoms with Gasteiger partial charge in [-0.3, -0.25) is 0 Å². The van der Waals surface area contributed by atoms with Crippen LogP contribution in [0.5, 0.6) is 0 Å². The summed E-state index contributed by atoms with van der Waals surface area (Å²) in [5.74, 6) is 0. The van der Waals surface area contributed by atoms with Crippen molar-refractivity contribution in [3.05, 3.63) is 36.2 Å². The van der Waals surface area contributed by atoms with Crippen LogP contribution in [-0.2, 0) is 13.6 Å². The third kappa shape index (κ3) is 2.48. The molecule has 14 heavy (non-hydrogen) atoms. The zero-order valence-corrected chi connectivity index (χ0v) is 8.74. The normalized spacial score (nSPS) is 21.4. The lowest BCUT2D eigenvalue weighted by atomic mass is 10.0. The van der Waals surface area contributed by atoms with E-state index in [9.17, 15) is 0 Å². The Morgan fingerprint density at radius 3 is 3.07 bits per heavy atom. The van der Waals surface area contributed by atoms with Gasteiger partial charge in [0.25, 0.3) is 0 Å². The monoisotopic (exact) mass is 190 g/mol. The summed E-state index contributed by atoms with van der Waals surface area (Å²) in [5.41, 5.74) is 1.38. The minimum Gasteiger partial charge on any atom is -0.357 e. The van der Waals surface area contributed by atoms with E-state index in [1.54, 1.807) is 0 Å². The van der Waals surface area contributed by atoms with Crippen LogP contribution in [0, 0.1) is 0 Å². The molecule has 76 valence electrons. The Morgan fingerprint density at radius 2 is 2.43 bits per heavy atom. The number of nitrogens with one attached hydrogen (secondary N) is 1. The largest absolute Gasteiger partial charge is 0.357 e. The minimum absolute atomic E-state index is 0.681. The minimum atomic E-state index is 0.681. The van der Waals surface area contributed by atoms with E-state index in [0.29, 0.717) is 6.04 Å². The van der Waals surface area contributed by atoms with E-state index >= 15 is 0 Å². The molecule has 1 unspecified atom stereocenters. The fourth-order valence-corrected chi connectivity index (χ4v) is 1.91. The number of hydrogen-bond acceptors (Lipinski definition) is 1. The number of nitrogens with zero attached hydrogens (tertiary/aromatic N) is 1. The van der Waals surface area contributed by atoms with E-state index in [1.807, 2.05) is 0 Å². The lowest BCUT2D eigenvalue weighted by Crippen LogP contribution is -2.28. The van der Waals surface area contributed by atoms with Crippen molar-refractivity contribution in [3.8, 4) is 0 Å². The topological polar surface area (TPSA) is 17.0 Å². The number of aryl methyl sites for hydroxylation is 1. The first-order valence-corrected chi connectivity index (χ1v) is 5.34. The van der Waals surface area contributed by atoms with Crippen molar-refractivity contribution in [2.75, 3.05) is 0 Å². The van der Waals surface area contributed by atoms with Crippen molar-refractivity contribution in [2.45, 2.75) is 31.8 Å². The summed E-state index contributed by atoms with van der Waals surface area (Å²) in [7, 11) is 2.06. The molecule has 0 amide bonds. The lowest BCUT2D eigenvalue weighted by Gasteiger charge is -2.18. The van der Waals surface area contributed by atoms with Gasteiger partial charge in [-0.1, -0.05) is 12.2 Å². The number of allylic oxidation sites excluding steroid dienone is 1. The van der Waals surface area contributed by atoms with Gasteiger partial charge in [0.1, 0.15) is 0 Å². The maximum absolute atomic E-state index is 3.59. The zero-order valence-electron chi connectivity index (χ0n) is 8.74. The molecular weight excluding hydrogens is 172 g/mol. The van der Waals surface area contributed by atoms with E-state index in [-0.39, 0.29) is 0 Å². The van der Waals surface area contributed by atoms with Crippen LogP contribution in [0.3, 0.4) is 0 Å². The van der Waals surface area contributed by atoms with Gasteiger partial charge in [0.15, 0.2) is 0 Å². The quantitative estimate of drug-likeness (QED) is 0.723. The molecule has 2 rings (SSSR count). The van der Waals surface area contributed by atoms with E-state index in [4.69, 9.17) is 0 Å². The summed E-state index contributed by atoms with van der Waals surface area (Å²) in [6, 6.07) is 2.85. The standard InChI is InChI=1S/C12H18N2/c1-14-8-7-11(10-14)9-13-12-5-3-2-4-6-12/h2-3,7-8,10,12-13H,4-6,9H2,1H3. The second kappa shape index (κ2) is 4.47. The molecule has 0 fully saturated rings.